The Morgan fingerprint density at radius 2 is 2.00 bits per heavy atom. The molecule has 1 N–H and O–H groups in total. The molecule has 0 aromatic heterocycles. The van der Waals surface area contributed by atoms with Gasteiger partial charge in [0.1, 0.15) is 0 Å². The lowest BCUT2D eigenvalue weighted by molar-refractivity contribution is -0.120. The third-order valence-corrected chi connectivity index (χ3v) is 3.80. The van der Waals surface area contributed by atoms with E-state index in [0.29, 0.717) is 36.3 Å². The summed E-state index contributed by atoms with van der Waals surface area (Å²) < 4.78 is 10.4. The van der Waals surface area contributed by atoms with Gasteiger partial charge in [-0.25, -0.2) is 0 Å². The lowest BCUT2D eigenvalue weighted by Gasteiger charge is -2.10. The maximum atomic E-state index is 11.9. The maximum Gasteiger partial charge on any atom is 0.224 e. The molecule has 1 rings (SSSR count). The van der Waals surface area contributed by atoms with Crippen molar-refractivity contribution in [2.75, 3.05) is 26.6 Å². The average molecular weight is 314 g/mol. The van der Waals surface area contributed by atoms with E-state index in [9.17, 15) is 4.79 Å². The van der Waals surface area contributed by atoms with Crippen molar-refractivity contribution in [2.45, 2.75) is 26.2 Å². The van der Waals surface area contributed by atoms with E-state index < -0.39 is 0 Å². The monoisotopic (exact) mass is 313 g/mol. The Kier molecular flexibility index (Phi) is 7.98. The van der Waals surface area contributed by atoms with Crippen LogP contribution in [0.4, 0.5) is 0 Å². The zero-order chi connectivity index (χ0) is 15.7. The molecular formula is C16H24ClNO3. The van der Waals surface area contributed by atoms with Crippen LogP contribution < -0.4 is 14.8 Å². The fraction of sp³-hybridized carbons (Fsp3) is 0.562. The molecular weight excluding hydrogens is 290 g/mol. The normalized spacial score (nSPS) is 11.8. The molecule has 0 radical (unpaired) electrons. The highest BCUT2D eigenvalue weighted by molar-refractivity contribution is 6.18. The first kappa shape index (κ1) is 17.6. The summed E-state index contributed by atoms with van der Waals surface area (Å²) in [7, 11) is 3.17. The predicted octanol–water partition coefficient (Wildman–Crippen LogP) is 3.02. The Morgan fingerprint density at radius 3 is 2.62 bits per heavy atom. The summed E-state index contributed by atoms with van der Waals surface area (Å²) in [6, 6.07) is 5.51. The van der Waals surface area contributed by atoms with Gasteiger partial charge in [0, 0.05) is 12.4 Å². The Balaban J connectivity index is 2.41. The van der Waals surface area contributed by atoms with Crippen molar-refractivity contribution >= 4 is 17.5 Å². The number of ether oxygens (including phenoxy) is 2. The van der Waals surface area contributed by atoms with Crippen molar-refractivity contribution in [1.29, 1.82) is 0 Å². The minimum absolute atomic E-state index is 0.0146. The minimum atomic E-state index is 0.0146. The number of carbonyl (C=O) groups is 1. The van der Waals surface area contributed by atoms with Gasteiger partial charge in [0.15, 0.2) is 11.5 Å². The number of alkyl halides is 1. The molecule has 1 unspecified atom stereocenters. The van der Waals surface area contributed by atoms with Crippen LogP contribution in [-0.4, -0.2) is 32.6 Å². The quantitative estimate of drug-likeness (QED) is 0.563. The fourth-order valence-electron chi connectivity index (χ4n) is 1.99. The summed E-state index contributed by atoms with van der Waals surface area (Å²) >= 11 is 5.74. The van der Waals surface area contributed by atoms with Gasteiger partial charge in [-0.05, 0) is 36.5 Å². The minimum Gasteiger partial charge on any atom is -0.493 e. The first-order chi connectivity index (χ1) is 10.1. The first-order valence-electron chi connectivity index (χ1n) is 7.14. The number of carbonyl (C=O) groups excluding carboxylic acids is 1. The Hall–Kier alpha value is -1.42. The highest BCUT2D eigenvalue weighted by Crippen LogP contribution is 2.27. The summed E-state index contributed by atoms with van der Waals surface area (Å²) in [5, 5.41) is 2.92. The standard InChI is InChI=1S/C16H24ClNO3/c1-12(11-17)5-4-8-18-16(19)10-13-6-7-14(20-2)15(9-13)21-3/h6-7,9,12H,4-5,8,10-11H2,1-3H3,(H,18,19). The molecule has 0 aliphatic heterocycles. The topological polar surface area (TPSA) is 47.6 Å². The molecule has 4 nitrogen and oxygen atoms in total. The third-order valence-electron chi connectivity index (χ3n) is 3.27. The van der Waals surface area contributed by atoms with E-state index in [2.05, 4.69) is 12.2 Å². The van der Waals surface area contributed by atoms with Gasteiger partial charge in [0.25, 0.3) is 0 Å². The molecule has 1 atom stereocenters. The summed E-state index contributed by atoms with van der Waals surface area (Å²) in [4.78, 5) is 11.9. The molecule has 0 spiro atoms. The number of hydrogen-bond acceptors (Lipinski definition) is 3. The second kappa shape index (κ2) is 9.50. The highest BCUT2D eigenvalue weighted by Gasteiger charge is 2.08. The molecule has 1 aromatic rings. The average Bonchev–Trinajstić information content (AvgIpc) is 2.51. The molecule has 1 aromatic carbocycles. The SMILES string of the molecule is COc1ccc(CC(=O)NCCCC(C)CCl)cc1OC. The van der Waals surface area contributed by atoms with Crippen LogP contribution in [0.1, 0.15) is 25.3 Å². The Morgan fingerprint density at radius 1 is 1.29 bits per heavy atom. The Bertz CT molecular complexity index is 451. The van der Waals surface area contributed by atoms with Crippen molar-refractivity contribution in [1.82, 2.24) is 5.32 Å². The molecule has 0 heterocycles. The van der Waals surface area contributed by atoms with Crippen molar-refractivity contribution in [3.05, 3.63) is 23.8 Å². The van der Waals surface area contributed by atoms with E-state index in [1.54, 1.807) is 14.2 Å². The van der Waals surface area contributed by atoms with Gasteiger partial charge >= 0.3 is 0 Å². The molecule has 0 saturated carbocycles. The van der Waals surface area contributed by atoms with E-state index in [1.807, 2.05) is 18.2 Å². The second-order valence-corrected chi connectivity index (χ2v) is 5.43. The number of amides is 1. The van der Waals surface area contributed by atoms with Crippen LogP contribution in [0.3, 0.4) is 0 Å². The summed E-state index contributed by atoms with van der Waals surface area (Å²) in [6.07, 6.45) is 2.32. The number of rotatable bonds is 9. The predicted molar refractivity (Wildman–Crippen MR) is 85.4 cm³/mol. The van der Waals surface area contributed by atoms with Crippen molar-refractivity contribution in [3.63, 3.8) is 0 Å². The molecule has 0 bridgehead atoms. The van der Waals surface area contributed by atoms with Crippen LogP contribution in [0, 0.1) is 5.92 Å². The zero-order valence-corrected chi connectivity index (χ0v) is 13.7. The van der Waals surface area contributed by atoms with Crippen molar-refractivity contribution < 1.29 is 14.3 Å². The molecule has 0 fully saturated rings. The molecule has 118 valence electrons. The van der Waals surface area contributed by atoms with E-state index in [1.165, 1.54) is 0 Å². The lowest BCUT2D eigenvalue weighted by Crippen LogP contribution is -2.26. The van der Waals surface area contributed by atoms with Gasteiger partial charge < -0.3 is 14.8 Å². The van der Waals surface area contributed by atoms with Crippen LogP contribution in [0.5, 0.6) is 11.5 Å². The van der Waals surface area contributed by atoms with Gasteiger partial charge in [-0.2, -0.15) is 0 Å². The van der Waals surface area contributed by atoms with Crippen molar-refractivity contribution in [3.8, 4) is 11.5 Å². The van der Waals surface area contributed by atoms with Gasteiger partial charge in [0.05, 0.1) is 20.6 Å². The fourth-order valence-corrected chi connectivity index (χ4v) is 2.15. The summed E-state index contributed by atoms with van der Waals surface area (Å²) in [5.41, 5.74) is 0.902. The molecule has 0 saturated heterocycles. The lowest BCUT2D eigenvalue weighted by atomic mass is 10.1. The van der Waals surface area contributed by atoms with Gasteiger partial charge in [0.2, 0.25) is 5.91 Å². The second-order valence-electron chi connectivity index (χ2n) is 5.12. The van der Waals surface area contributed by atoms with E-state index in [4.69, 9.17) is 21.1 Å². The summed E-state index contributed by atoms with van der Waals surface area (Å²) in [6.45, 7) is 2.80. The number of benzene rings is 1. The maximum absolute atomic E-state index is 11.9. The zero-order valence-electron chi connectivity index (χ0n) is 12.9. The van der Waals surface area contributed by atoms with Crippen LogP contribution in [0.25, 0.3) is 0 Å². The first-order valence-corrected chi connectivity index (χ1v) is 7.67. The Labute approximate surface area is 131 Å². The largest absolute Gasteiger partial charge is 0.493 e. The molecule has 1 amide bonds. The number of nitrogens with one attached hydrogen (secondary N) is 1. The number of methoxy groups -OCH3 is 2. The smallest absolute Gasteiger partial charge is 0.224 e. The van der Waals surface area contributed by atoms with Crippen LogP contribution in [0.15, 0.2) is 18.2 Å². The van der Waals surface area contributed by atoms with Crippen LogP contribution in [-0.2, 0) is 11.2 Å². The number of hydrogen-bond donors (Lipinski definition) is 1. The molecule has 21 heavy (non-hydrogen) atoms. The molecule has 0 aliphatic carbocycles. The van der Waals surface area contributed by atoms with E-state index >= 15 is 0 Å². The van der Waals surface area contributed by atoms with Crippen LogP contribution in [0.2, 0.25) is 0 Å². The highest BCUT2D eigenvalue weighted by atomic mass is 35.5. The van der Waals surface area contributed by atoms with E-state index in [0.717, 1.165) is 18.4 Å². The van der Waals surface area contributed by atoms with E-state index in [-0.39, 0.29) is 5.91 Å². The van der Waals surface area contributed by atoms with Gasteiger partial charge in [-0.3, -0.25) is 4.79 Å². The summed E-state index contributed by atoms with van der Waals surface area (Å²) in [5.74, 6) is 2.48. The number of halogens is 1. The van der Waals surface area contributed by atoms with Gasteiger partial charge in [-0.1, -0.05) is 13.0 Å². The molecule has 0 aliphatic rings. The van der Waals surface area contributed by atoms with Gasteiger partial charge in [-0.15, -0.1) is 11.6 Å². The van der Waals surface area contributed by atoms with Crippen LogP contribution >= 0.6 is 11.6 Å². The van der Waals surface area contributed by atoms with Crippen molar-refractivity contribution in [2.24, 2.45) is 5.92 Å². The third kappa shape index (κ3) is 6.25. The molecule has 5 heteroatoms.